The molecule has 0 radical (unpaired) electrons. The molecule has 1 amide bonds. The van der Waals surface area contributed by atoms with Gasteiger partial charge in [0.2, 0.25) is 0 Å². The lowest BCUT2D eigenvalue weighted by Crippen LogP contribution is -2.46. The van der Waals surface area contributed by atoms with E-state index >= 15 is 0 Å². The van der Waals surface area contributed by atoms with Crippen LogP contribution in [-0.4, -0.2) is 31.7 Å². The van der Waals surface area contributed by atoms with Gasteiger partial charge >= 0.3 is 0 Å². The van der Waals surface area contributed by atoms with E-state index in [-0.39, 0.29) is 5.91 Å². The Bertz CT molecular complexity index is 156. The van der Waals surface area contributed by atoms with Crippen LogP contribution in [0.15, 0.2) is 0 Å². The summed E-state index contributed by atoms with van der Waals surface area (Å²) in [5, 5.41) is 2.78. The van der Waals surface area contributed by atoms with Gasteiger partial charge in [-0.15, -0.1) is 0 Å². The smallest absolute Gasteiger partial charge is 0.251 e. The molecule has 0 aromatic heterocycles. The second-order valence-corrected chi connectivity index (χ2v) is 3.19. The normalized spacial score (nSPS) is 15.1. The SMILES string of the molecule is CCC(C)(OC)C(=O)NCCCN. The van der Waals surface area contributed by atoms with Crippen LogP contribution in [0.4, 0.5) is 0 Å². The van der Waals surface area contributed by atoms with Crippen molar-refractivity contribution >= 4 is 5.91 Å². The number of ether oxygens (including phenoxy) is 1. The summed E-state index contributed by atoms with van der Waals surface area (Å²) < 4.78 is 5.14. The average molecular weight is 188 g/mol. The van der Waals surface area contributed by atoms with Crippen molar-refractivity contribution in [3.63, 3.8) is 0 Å². The zero-order chi connectivity index (χ0) is 10.3. The van der Waals surface area contributed by atoms with Crippen LogP contribution in [0.2, 0.25) is 0 Å². The molecule has 0 heterocycles. The number of hydrogen-bond acceptors (Lipinski definition) is 3. The highest BCUT2D eigenvalue weighted by atomic mass is 16.5. The lowest BCUT2D eigenvalue weighted by atomic mass is 10.0. The Kier molecular flexibility index (Phi) is 5.66. The fourth-order valence-electron chi connectivity index (χ4n) is 0.889. The van der Waals surface area contributed by atoms with Crippen molar-refractivity contribution in [2.45, 2.75) is 32.3 Å². The third kappa shape index (κ3) is 3.74. The van der Waals surface area contributed by atoms with Gasteiger partial charge in [0, 0.05) is 13.7 Å². The summed E-state index contributed by atoms with van der Waals surface area (Å²) in [6, 6.07) is 0. The van der Waals surface area contributed by atoms with E-state index in [1.807, 2.05) is 6.92 Å². The minimum absolute atomic E-state index is 0.0639. The predicted molar refractivity (Wildman–Crippen MR) is 52.4 cm³/mol. The maximum atomic E-state index is 11.5. The number of nitrogens with one attached hydrogen (secondary N) is 1. The van der Waals surface area contributed by atoms with Crippen molar-refractivity contribution in [2.24, 2.45) is 5.73 Å². The minimum atomic E-state index is -0.700. The van der Waals surface area contributed by atoms with Gasteiger partial charge in [0.15, 0.2) is 0 Å². The fraction of sp³-hybridized carbons (Fsp3) is 0.889. The molecule has 0 aliphatic heterocycles. The highest BCUT2D eigenvalue weighted by Gasteiger charge is 2.30. The quantitative estimate of drug-likeness (QED) is 0.588. The Morgan fingerprint density at radius 2 is 2.23 bits per heavy atom. The van der Waals surface area contributed by atoms with Crippen molar-refractivity contribution in [1.82, 2.24) is 5.32 Å². The molecule has 0 aliphatic rings. The number of nitrogens with two attached hydrogens (primary N) is 1. The molecule has 0 bridgehead atoms. The zero-order valence-corrected chi connectivity index (χ0v) is 8.72. The molecule has 4 nitrogen and oxygen atoms in total. The molecule has 1 unspecified atom stereocenters. The summed E-state index contributed by atoms with van der Waals surface area (Å²) in [4.78, 5) is 11.5. The van der Waals surface area contributed by atoms with Crippen LogP contribution in [0.5, 0.6) is 0 Å². The van der Waals surface area contributed by atoms with Crippen LogP contribution in [0.25, 0.3) is 0 Å². The maximum Gasteiger partial charge on any atom is 0.251 e. The van der Waals surface area contributed by atoms with Crippen LogP contribution in [-0.2, 0) is 9.53 Å². The van der Waals surface area contributed by atoms with E-state index in [1.165, 1.54) is 0 Å². The van der Waals surface area contributed by atoms with Crippen LogP contribution < -0.4 is 11.1 Å². The van der Waals surface area contributed by atoms with E-state index in [0.717, 1.165) is 6.42 Å². The molecule has 13 heavy (non-hydrogen) atoms. The van der Waals surface area contributed by atoms with Crippen LogP contribution in [0, 0.1) is 0 Å². The molecule has 0 rings (SSSR count). The first kappa shape index (κ1) is 12.4. The Morgan fingerprint density at radius 1 is 1.62 bits per heavy atom. The molecule has 0 aromatic rings. The first-order chi connectivity index (χ1) is 6.10. The Labute approximate surface area is 79.8 Å². The predicted octanol–water partition coefficient (Wildman–Crippen LogP) is 0.267. The standard InChI is InChI=1S/C9H20N2O2/c1-4-9(2,13-3)8(12)11-7-5-6-10/h4-7,10H2,1-3H3,(H,11,12). The van der Waals surface area contributed by atoms with Gasteiger partial charge in [0.1, 0.15) is 5.60 Å². The van der Waals surface area contributed by atoms with Crippen molar-refractivity contribution in [2.75, 3.05) is 20.2 Å². The monoisotopic (exact) mass is 188 g/mol. The van der Waals surface area contributed by atoms with Crippen molar-refractivity contribution in [1.29, 1.82) is 0 Å². The number of carbonyl (C=O) groups is 1. The van der Waals surface area contributed by atoms with Gasteiger partial charge in [-0.25, -0.2) is 0 Å². The van der Waals surface area contributed by atoms with Gasteiger partial charge in [0.05, 0.1) is 0 Å². The number of methoxy groups -OCH3 is 1. The maximum absolute atomic E-state index is 11.5. The third-order valence-corrected chi connectivity index (χ3v) is 2.27. The lowest BCUT2D eigenvalue weighted by Gasteiger charge is -2.25. The number of rotatable bonds is 6. The summed E-state index contributed by atoms with van der Waals surface area (Å²) in [5.74, 6) is -0.0639. The molecular formula is C9H20N2O2. The summed E-state index contributed by atoms with van der Waals surface area (Å²) >= 11 is 0. The molecule has 0 aliphatic carbocycles. The highest BCUT2D eigenvalue weighted by Crippen LogP contribution is 2.13. The molecule has 3 N–H and O–H groups in total. The van der Waals surface area contributed by atoms with E-state index in [4.69, 9.17) is 10.5 Å². The van der Waals surface area contributed by atoms with E-state index in [2.05, 4.69) is 5.32 Å². The summed E-state index contributed by atoms with van der Waals surface area (Å²) in [5.41, 5.74) is 4.61. The van der Waals surface area contributed by atoms with Gasteiger partial charge in [-0.1, -0.05) is 6.92 Å². The molecule has 78 valence electrons. The summed E-state index contributed by atoms with van der Waals surface area (Å²) in [6.07, 6.45) is 1.47. The molecule has 1 atom stereocenters. The molecule has 4 heteroatoms. The second kappa shape index (κ2) is 5.94. The second-order valence-electron chi connectivity index (χ2n) is 3.19. The molecular weight excluding hydrogens is 168 g/mol. The minimum Gasteiger partial charge on any atom is -0.369 e. The lowest BCUT2D eigenvalue weighted by molar-refractivity contribution is -0.141. The van der Waals surface area contributed by atoms with Gasteiger partial charge in [-0.05, 0) is 26.3 Å². The number of hydrogen-bond donors (Lipinski definition) is 2. The highest BCUT2D eigenvalue weighted by molar-refractivity contribution is 5.84. The topological polar surface area (TPSA) is 64.3 Å². The summed E-state index contributed by atoms with van der Waals surface area (Å²) in [7, 11) is 1.55. The van der Waals surface area contributed by atoms with Crippen molar-refractivity contribution in [3.8, 4) is 0 Å². The Morgan fingerprint density at radius 3 is 2.62 bits per heavy atom. The van der Waals surface area contributed by atoms with E-state index < -0.39 is 5.60 Å². The average Bonchev–Trinajstić information content (AvgIpc) is 2.17. The van der Waals surface area contributed by atoms with E-state index in [0.29, 0.717) is 19.5 Å². The first-order valence-electron chi connectivity index (χ1n) is 4.64. The molecule has 0 aromatic carbocycles. The van der Waals surface area contributed by atoms with Gasteiger partial charge < -0.3 is 15.8 Å². The third-order valence-electron chi connectivity index (χ3n) is 2.27. The van der Waals surface area contributed by atoms with Crippen LogP contribution >= 0.6 is 0 Å². The van der Waals surface area contributed by atoms with Gasteiger partial charge in [-0.2, -0.15) is 0 Å². The Hall–Kier alpha value is -0.610. The summed E-state index contributed by atoms with van der Waals surface area (Å²) in [6.45, 7) is 4.92. The van der Waals surface area contributed by atoms with Gasteiger partial charge in [0.25, 0.3) is 5.91 Å². The van der Waals surface area contributed by atoms with Crippen LogP contribution in [0.1, 0.15) is 26.7 Å². The molecule has 0 saturated heterocycles. The van der Waals surface area contributed by atoms with Crippen molar-refractivity contribution < 1.29 is 9.53 Å². The zero-order valence-electron chi connectivity index (χ0n) is 8.72. The molecule has 0 fully saturated rings. The fourth-order valence-corrected chi connectivity index (χ4v) is 0.889. The largest absolute Gasteiger partial charge is 0.369 e. The van der Waals surface area contributed by atoms with Gasteiger partial charge in [-0.3, -0.25) is 4.79 Å². The molecule has 0 saturated carbocycles. The van der Waals surface area contributed by atoms with Crippen LogP contribution in [0.3, 0.4) is 0 Å². The Balaban J connectivity index is 3.92. The first-order valence-corrected chi connectivity index (χ1v) is 4.64. The number of amides is 1. The number of carbonyl (C=O) groups excluding carboxylic acids is 1. The van der Waals surface area contributed by atoms with E-state index in [1.54, 1.807) is 14.0 Å². The molecule has 0 spiro atoms. The van der Waals surface area contributed by atoms with E-state index in [9.17, 15) is 4.79 Å². The van der Waals surface area contributed by atoms with Crippen molar-refractivity contribution in [3.05, 3.63) is 0 Å².